The molecule has 1 amide bonds. The Kier molecular flexibility index (Phi) is 9.33. The van der Waals surface area contributed by atoms with E-state index in [0.29, 0.717) is 47.3 Å². The van der Waals surface area contributed by atoms with Crippen molar-refractivity contribution < 1.29 is 14.3 Å². The molecule has 2 aliphatic heterocycles. The van der Waals surface area contributed by atoms with Gasteiger partial charge in [-0.1, -0.05) is 30.0 Å². The number of aryl methyl sites for hydroxylation is 1. The quantitative estimate of drug-likeness (QED) is 0.105. The number of carbonyl (C=O) groups excluding carboxylic acids is 1. The van der Waals surface area contributed by atoms with Crippen LogP contribution >= 0.6 is 23.1 Å². The molecule has 0 spiro atoms. The molecule has 3 N–H and O–H groups in total. The highest BCUT2D eigenvalue weighted by molar-refractivity contribution is 7.99. The number of rotatable bonds is 10. The molecule has 2 aliphatic rings. The van der Waals surface area contributed by atoms with E-state index in [2.05, 4.69) is 61.4 Å². The van der Waals surface area contributed by atoms with Crippen LogP contribution in [0.15, 0.2) is 82.1 Å². The van der Waals surface area contributed by atoms with Crippen molar-refractivity contribution in [1.29, 1.82) is 5.26 Å². The Labute approximate surface area is 307 Å². The monoisotopic (exact) mass is 730 g/mol. The van der Waals surface area contributed by atoms with E-state index < -0.39 is 5.91 Å². The second kappa shape index (κ2) is 14.5. The predicted octanol–water partition coefficient (Wildman–Crippen LogP) is 5.43. The van der Waals surface area contributed by atoms with Gasteiger partial charge in [-0.3, -0.25) is 4.79 Å². The smallest absolute Gasteiger partial charge is 0.261 e. The van der Waals surface area contributed by atoms with Gasteiger partial charge in [0.25, 0.3) is 5.91 Å². The Morgan fingerprint density at radius 2 is 1.87 bits per heavy atom. The normalized spacial score (nSPS) is 14.6. The van der Waals surface area contributed by atoms with Crippen LogP contribution in [0.3, 0.4) is 0 Å². The highest BCUT2D eigenvalue weighted by atomic mass is 32.2. The second-order valence-corrected chi connectivity index (χ2v) is 14.4. The number of likely N-dealkylation sites (N-methyl/N-ethyl adjacent to an activating group) is 1. The summed E-state index contributed by atoms with van der Waals surface area (Å²) in [6.45, 7) is 5.04. The summed E-state index contributed by atoms with van der Waals surface area (Å²) >= 11 is 2.96. The maximum absolute atomic E-state index is 13.2. The Bertz CT molecular complexity index is 2360. The summed E-state index contributed by atoms with van der Waals surface area (Å²) in [4.78, 5) is 36.7. The lowest BCUT2D eigenvalue weighted by Gasteiger charge is -2.34. The summed E-state index contributed by atoms with van der Waals surface area (Å²) in [5, 5.41) is 18.4. The van der Waals surface area contributed by atoms with Crippen LogP contribution in [0.25, 0.3) is 38.6 Å². The predicted molar refractivity (Wildman–Crippen MR) is 202 cm³/mol. The first kappa shape index (κ1) is 33.5. The average Bonchev–Trinajstić information content (AvgIpc) is 3.93. The number of nitrogens with zero attached hydrogens (tertiary/aromatic N) is 8. The fourth-order valence-corrected chi connectivity index (χ4v) is 8.08. The molecule has 0 unspecified atom stereocenters. The van der Waals surface area contributed by atoms with E-state index in [1.165, 1.54) is 35.1 Å². The molecule has 8 rings (SSSR count). The van der Waals surface area contributed by atoms with Gasteiger partial charge in [0.15, 0.2) is 33.6 Å². The van der Waals surface area contributed by atoms with Crippen LogP contribution in [-0.2, 0) is 11.3 Å². The van der Waals surface area contributed by atoms with Gasteiger partial charge in [0.2, 0.25) is 6.79 Å². The number of nitrogens with one attached hydrogen (secondary N) is 1. The third-order valence-electron chi connectivity index (χ3n) is 9.10. The van der Waals surface area contributed by atoms with Crippen molar-refractivity contribution in [1.82, 2.24) is 34.7 Å². The van der Waals surface area contributed by atoms with Gasteiger partial charge in [0, 0.05) is 67.0 Å². The molecular formula is C37H34N10O3S2. The van der Waals surface area contributed by atoms with Gasteiger partial charge in [-0.2, -0.15) is 5.26 Å². The minimum Gasteiger partial charge on any atom is -0.454 e. The molecule has 0 atom stereocenters. The number of piperazine rings is 1. The summed E-state index contributed by atoms with van der Waals surface area (Å²) in [6, 6.07) is 18.4. The molecular weight excluding hydrogens is 697 g/mol. The maximum Gasteiger partial charge on any atom is 0.261 e. The molecule has 13 nitrogen and oxygen atoms in total. The molecule has 5 heterocycles. The van der Waals surface area contributed by atoms with Gasteiger partial charge in [-0.25, -0.2) is 19.9 Å². The van der Waals surface area contributed by atoms with Crippen molar-refractivity contribution in [2.45, 2.75) is 23.0 Å². The zero-order valence-corrected chi connectivity index (χ0v) is 29.9. The topological polar surface area (TPSA) is 160 Å². The summed E-state index contributed by atoms with van der Waals surface area (Å²) in [5.41, 5.74) is 10.2. The fourth-order valence-electron chi connectivity index (χ4n) is 6.30. The number of amides is 1. The molecule has 52 heavy (non-hydrogen) atoms. The fraction of sp³-hybridized carbons (Fsp3) is 0.243. The van der Waals surface area contributed by atoms with Gasteiger partial charge >= 0.3 is 0 Å². The minimum atomic E-state index is -0.432. The van der Waals surface area contributed by atoms with Gasteiger partial charge in [-0.15, -0.1) is 11.3 Å². The third-order valence-corrected chi connectivity index (χ3v) is 11.0. The number of nitrogens with two attached hydrogens (primary N) is 1. The zero-order chi connectivity index (χ0) is 35.6. The average molecular weight is 731 g/mol. The summed E-state index contributed by atoms with van der Waals surface area (Å²) in [5.74, 6) is 1.15. The van der Waals surface area contributed by atoms with Crippen molar-refractivity contribution in [2.75, 3.05) is 57.2 Å². The SMILES string of the molecule is CN1CCN(c2ccc3cc(C=C(C#N)C(=O)NCCCn4c(Sc5cc6c(cc5-c5nccs5)OCO6)nc5c(N)ncnc54)ccc3c2)CC1. The number of hydrogen-bond acceptors (Lipinski definition) is 13. The zero-order valence-electron chi connectivity index (χ0n) is 28.3. The largest absolute Gasteiger partial charge is 0.454 e. The first-order valence-corrected chi connectivity index (χ1v) is 18.5. The minimum absolute atomic E-state index is 0.0378. The van der Waals surface area contributed by atoms with Gasteiger partial charge in [0.1, 0.15) is 23.0 Å². The number of ether oxygens (including phenoxy) is 2. The number of nitrogen functional groups attached to an aromatic ring is 1. The molecule has 0 bridgehead atoms. The molecule has 3 aromatic carbocycles. The summed E-state index contributed by atoms with van der Waals surface area (Å²) in [7, 11) is 2.15. The van der Waals surface area contributed by atoms with E-state index in [1.807, 2.05) is 40.3 Å². The lowest BCUT2D eigenvalue weighted by Crippen LogP contribution is -2.44. The number of thiazole rings is 1. The lowest BCUT2D eigenvalue weighted by molar-refractivity contribution is -0.117. The number of fused-ring (bicyclic) bond motifs is 3. The maximum atomic E-state index is 13.2. The van der Waals surface area contributed by atoms with Crippen LogP contribution < -0.4 is 25.4 Å². The first-order chi connectivity index (χ1) is 25.4. The molecule has 3 aromatic heterocycles. The van der Waals surface area contributed by atoms with Gasteiger partial charge < -0.3 is 34.9 Å². The van der Waals surface area contributed by atoms with E-state index in [4.69, 9.17) is 20.2 Å². The molecule has 6 aromatic rings. The standard InChI is InChI=1S/C37H34N10O3S2/c1-45-10-12-46(13-11-45)27-6-5-24-15-23(3-4-25(24)17-27)16-26(20-38)35(48)40-7-2-9-47-34-32(33(39)42-21-43-34)44-37(47)52-31-19-30-29(49-22-50-30)18-28(31)36-41-8-14-51-36/h3-6,8,14-19,21H,2,7,9-13,22H2,1H3,(H,40,48)(H2,39,42,43). The van der Waals surface area contributed by atoms with Crippen molar-refractivity contribution >= 4 is 68.5 Å². The Morgan fingerprint density at radius 3 is 2.67 bits per heavy atom. The number of aromatic nitrogens is 5. The molecule has 0 saturated carbocycles. The van der Waals surface area contributed by atoms with E-state index in [-0.39, 0.29) is 18.2 Å². The number of carbonyl (C=O) groups is 1. The van der Waals surface area contributed by atoms with Crippen molar-refractivity contribution in [2.24, 2.45) is 0 Å². The van der Waals surface area contributed by atoms with Crippen LogP contribution in [-0.4, -0.2) is 81.9 Å². The lowest BCUT2D eigenvalue weighted by atomic mass is 10.0. The van der Waals surface area contributed by atoms with Crippen molar-refractivity contribution in [3.8, 4) is 28.1 Å². The number of anilines is 2. The van der Waals surface area contributed by atoms with Crippen molar-refractivity contribution in [3.05, 3.63) is 77.6 Å². The summed E-state index contributed by atoms with van der Waals surface area (Å²) in [6.07, 6.45) is 5.35. The van der Waals surface area contributed by atoms with E-state index in [9.17, 15) is 10.1 Å². The highest BCUT2D eigenvalue weighted by Crippen LogP contribution is 2.45. The highest BCUT2D eigenvalue weighted by Gasteiger charge is 2.23. The van der Waals surface area contributed by atoms with Crippen LogP contribution in [0, 0.1) is 11.3 Å². The number of benzene rings is 3. The number of hydrogen-bond donors (Lipinski definition) is 2. The number of imidazole rings is 1. The second-order valence-electron chi connectivity index (χ2n) is 12.5. The molecule has 1 saturated heterocycles. The van der Waals surface area contributed by atoms with Gasteiger partial charge in [0.05, 0.1) is 0 Å². The Balaban J connectivity index is 0.961. The summed E-state index contributed by atoms with van der Waals surface area (Å²) < 4.78 is 13.3. The van der Waals surface area contributed by atoms with Crippen LogP contribution in [0.2, 0.25) is 0 Å². The number of nitriles is 1. The van der Waals surface area contributed by atoms with E-state index >= 15 is 0 Å². The molecule has 262 valence electrons. The van der Waals surface area contributed by atoms with Gasteiger partial charge in [-0.05, 0) is 66.2 Å². The Hall–Kier alpha value is -5.69. The van der Waals surface area contributed by atoms with Crippen LogP contribution in [0.1, 0.15) is 12.0 Å². The van der Waals surface area contributed by atoms with E-state index in [0.717, 1.165) is 58.0 Å². The van der Waals surface area contributed by atoms with E-state index in [1.54, 1.807) is 12.3 Å². The molecule has 1 fully saturated rings. The van der Waals surface area contributed by atoms with Crippen LogP contribution in [0.4, 0.5) is 11.5 Å². The molecule has 0 radical (unpaired) electrons. The van der Waals surface area contributed by atoms with Crippen LogP contribution in [0.5, 0.6) is 11.5 Å². The first-order valence-electron chi connectivity index (χ1n) is 16.8. The molecule has 0 aliphatic carbocycles. The van der Waals surface area contributed by atoms with Crippen molar-refractivity contribution in [3.63, 3.8) is 0 Å². The Morgan fingerprint density at radius 1 is 1.06 bits per heavy atom. The molecule has 15 heteroatoms. The third kappa shape index (κ3) is 6.83.